The first-order valence-electron chi connectivity index (χ1n) is 5.21. The van der Waals surface area contributed by atoms with Crippen LogP contribution in [-0.2, 0) is 4.79 Å². The van der Waals surface area contributed by atoms with Gasteiger partial charge in [0.05, 0.1) is 6.42 Å². The third-order valence-electron chi connectivity index (χ3n) is 1.80. The minimum absolute atomic E-state index is 0.147. The fourth-order valence-corrected chi connectivity index (χ4v) is 1.08. The van der Waals surface area contributed by atoms with Crippen LogP contribution in [0.15, 0.2) is 24.3 Å². The normalized spacial score (nSPS) is 8.73. The minimum atomic E-state index is -0.777. The molecule has 15 heavy (non-hydrogen) atoms. The molecule has 0 spiro atoms. The van der Waals surface area contributed by atoms with E-state index in [1.807, 2.05) is 45.0 Å². The van der Waals surface area contributed by atoms with Crippen molar-refractivity contribution in [3.63, 3.8) is 0 Å². The second kappa shape index (κ2) is 7.85. The lowest BCUT2D eigenvalue weighted by Gasteiger charge is -2.06. The molecule has 0 aliphatic heterocycles. The van der Waals surface area contributed by atoms with Crippen LogP contribution in [0.1, 0.15) is 25.8 Å². The van der Waals surface area contributed by atoms with Crippen LogP contribution in [0.4, 0.5) is 5.69 Å². The fourth-order valence-electron chi connectivity index (χ4n) is 1.08. The zero-order valence-electron chi connectivity index (χ0n) is 9.58. The summed E-state index contributed by atoms with van der Waals surface area (Å²) in [4.78, 5) is 10.2. The van der Waals surface area contributed by atoms with E-state index in [2.05, 4.69) is 5.32 Å². The summed E-state index contributed by atoms with van der Waals surface area (Å²) in [5, 5.41) is 11.5. The zero-order chi connectivity index (χ0) is 11.7. The molecule has 0 heterocycles. The lowest BCUT2D eigenvalue weighted by Crippen LogP contribution is -2.08. The van der Waals surface area contributed by atoms with Crippen LogP contribution in [-0.4, -0.2) is 17.6 Å². The average molecular weight is 209 g/mol. The predicted octanol–water partition coefficient (Wildman–Crippen LogP) is 2.91. The highest BCUT2D eigenvalue weighted by Gasteiger charge is 1.97. The Labute approximate surface area is 91.1 Å². The quantitative estimate of drug-likeness (QED) is 0.801. The first kappa shape index (κ1) is 13.5. The number of para-hydroxylation sites is 1. The van der Waals surface area contributed by atoms with E-state index in [-0.39, 0.29) is 6.42 Å². The Bertz CT molecular complexity index is 297. The van der Waals surface area contributed by atoms with Crippen molar-refractivity contribution >= 4 is 11.7 Å². The second-order valence-corrected chi connectivity index (χ2v) is 2.89. The van der Waals surface area contributed by atoms with Crippen molar-refractivity contribution in [1.29, 1.82) is 0 Å². The molecule has 0 saturated heterocycles. The number of hydrogen-bond acceptors (Lipinski definition) is 2. The number of hydrogen-bond donors (Lipinski definition) is 2. The van der Waals surface area contributed by atoms with E-state index in [9.17, 15) is 4.79 Å². The summed E-state index contributed by atoms with van der Waals surface area (Å²) >= 11 is 0. The van der Waals surface area contributed by atoms with Gasteiger partial charge in [-0.05, 0) is 18.6 Å². The Morgan fingerprint density at radius 1 is 1.33 bits per heavy atom. The summed E-state index contributed by atoms with van der Waals surface area (Å²) < 4.78 is 0. The lowest BCUT2D eigenvalue weighted by molar-refractivity contribution is -0.136. The maximum Gasteiger partial charge on any atom is 0.305 e. The molecule has 0 radical (unpaired) electrons. The SMILES string of the molecule is CC.Cc1ccccc1NCCC(=O)O. The maximum absolute atomic E-state index is 10.2. The van der Waals surface area contributed by atoms with Crippen LogP contribution in [0.25, 0.3) is 0 Å². The number of aliphatic carboxylic acids is 1. The number of benzene rings is 1. The topological polar surface area (TPSA) is 49.3 Å². The van der Waals surface area contributed by atoms with Crippen LogP contribution < -0.4 is 5.32 Å². The Hall–Kier alpha value is -1.51. The number of aryl methyl sites for hydroxylation is 1. The summed E-state index contributed by atoms with van der Waals surface area (Å²) in [5.41, 5.74) is 2.14. The molecule has 1 aromatic carbocycles. The van der Waals surface area contributed by atoms with Gasteiger partial charge >= 0.3 is 5.97 Å². The van der Waals surface area contributed by atoms with Crippen molar-refractivity contribution in [2.75, 3.05) is 11.9 Å². The summed E-state index contributed by atoms with van der Waals surface area (Å²) in [6, 6.07) is 7.81. The van der Waals surface area contributed by atoms with Gasteiger partial charge in [-0.15, -0.1) is 0 Å². The molecule has 0 fully saturated rings. The molecule has 3 nitrogen and oxygen atoms in total. The van der Waals surface area contributed by atoms with Crippen LogP contribution >= 0.6 is 0 Å². The summed E-state index contributed by atoms with van der Waals surface area (Å²) in [6.07, 6.45) is 0.147. The van der Waals surface area contributed by atoms with E-state index >= 15 is 0 Å². The highest BCUT2D eigenvalue weighted by atomic mass is 16.4. The number of anilines is 1. The number of rotatable bonds is 4. The highest BCUT2D eigenvalue weighted by Crippen LogP contribution is 2.12. The van der Waals surface area contributed by atoms with E-state index in [0.29, 0.717) is 6.54 Å². The smallest absolute Gasteiger partial charge is 0.305 e. The first-order valence-corrected chi connectivity index (χ1v) is 5.21. The third kappa shape index (κ3) is 5.73. The van der Waals surface area contributed by atoms with Gasteiger partial charge in [0.25, 0.3) is 0 Å². The van der Waals surface area contributed by atoms with Crippen LogP contribution in [0.2, 0.25) is 0 Å². The van der Waals surface area contributed by atoms with Crippen molar-refractivity contribution in [2.24, 2.45) is 0 Å². The van der Waals surface area contributed by atoms with Crippen molar-refractivity contribution < 1.29 is 9.90 Å². The summed E-state index contributed by atoms with van der Waals surface area (Å²) in [5.74, 6) is -0.777. The van der Waals surface area contributed by atoms with Crippen LogP contribution in [0.3, 0.4) is 0 Å². The van der Waals surface area contributed by atoms with Gasteiger partial charge in [0.2, 0.25) is 0 Å². The van der Waals surface area contributed by atoms with Gasteiger partial charge in [0, 0.05) is 12.2 Å². The minimum Gasteiger partial charge on any atom is -0.481 e. The Morgan fingerprint density at radius 2 is 1.93 bits per heavy atom. The van der Waals surface area contributed by atoms with Gasteiger partial charge in [-0.2, -0.15) is 0 Å². The fraction of sp³-hybridized carbons (Fsp3) is 0.417. The molecule has 84 valence electrons. The molecule has 0 saturated carbocycles. The third-order valence-corrected chi connectivity index (χ3v) is 1.80. The number of carbonyl (C=O) groups is 1. The van der Waals surface area contributed by atoms with Crippen molar-refractivity contribution in [1.82, 2.24) is 0 Å². The molecule has 0 unspecified atom stereocenters. The summed E-state index contributed by atoms with van der Waals surface area (Å²) in [6.45, 7) is 6.46. The van der Waals surface area contributed by atoms with E-state index in [1.165, 1.54) is 0 Å². The van der Waals surface area contributed by atoms with E-state index < -0.39 is 5.97 Å². The molecular weight excluding hydrogens is 190 g/mol. The molecular formula is C12H19NO2. The highest BCUT2D eigenvalue weighted by molar-refractivity contribution is 5.67. The van der Waals surface area contributed by atoms with Gasteiger partial charge in [-0.3, -0.25) is 4.79 Å². The number of nitrogens with one attached hydrogen (secondary N) is 1. The second-order valence-electron chi connectivity index (χ2n) is 2.89. The molecule has 1 rings (SSSR count). The molecule has 2 N–H and O–H groups in total. The van der Waals surface area contributed by atoms with Gasteiger partial charge in [0.1, 0.15) is 0 Å². The molecule has 0 aromatic heterocycles. The Morgan fingerprint density at radius 3 is 2.47 bits per heavy atom. The number of carboxylic acid groups (broad SMARTS) is 1. The Balaban J connectivity index is 0.000000921. The first-order chi connectivity index (χ1) is 7.20. The lowest BCUT2D eigenvalue weighted by atomic mass is 10.2. The molecule has 0 amide bonds. The van der Waals surface area contributed by atoms with E-state index in [0.717, 1.165) is 11.3 Å². The molecule has 0 aliphatic rings. The van der Waals surface area contributed by atoms with E-state index in [1.54, 1.807) is 0 Å². The van der Waals surface area contributed by atoms with E-state index in [4.69, 9.17) is 5.11 Å². The maximum atomic E-state index is 10.2. The van der Waals surface area contributed by atoms with Gasteiger partial charge < -0.3 is 10.4 Å². The summed E-state index contributed by atoms with van der Waals surface area (Å²) in [7, 11) is 0. The molecule has 0 bridgehead atoms. The van der Waals surface area contributed by atoms with Crippen LogP contribution in [0, 0.1) is 6.92 Å². The van der Waals surface area contributed by atoms with Gasteiger partial charge in [-0.25, -0.2) is 0 Å². The largest absolute Gasteiger partial charge is 0.481 e. The van der Waals surface area contributed by atoms with Crippen molar-refractivity contribution in [3.8, 4) is 0 Å². The molecule has 0 aliphatic carbocycles. The van der Waals surface area contributed by atoms with Crippen molar-refractivity contribution in [3.05, 3.63) is 29.8 Å². The standard InChI is InChI=1S/C10H13NO2.C2H6/c1-8-4-2-3-5-9(8)11-7-6-10(12)13;1-2/h2-5,11H,6-7H2,1H3,(H,12,13);1-2H3. The van der Waals surface area contributed by atoms with Crippen molar-refractivity contribution in [2.45, 2.75) is 27.2 Å². The molecule has 3 heteroatoms. The predicted molar refractivity (Wildman–Crippen MR) is 63.3 cm³/mol. The average Bonchev–Trinajstić information content (AvgIpc) is 2.23. The zero-order valence-corrected chi connectivity index (χ0v) is 9.58. The Kier molecular flexibility index (Phi) is 7.06. The number of carboxylic acids is 1. The molecule has 0 atom stereocenters. The van der Waals surface area contributed by atoms with Gasteiger partial charge in [-0.1, -0.05) is 32.0 Å². The van der Waals surface area contributed by atoms with Gasteiger partial charge in [0.15, 0.2) is 0 Å². The van der Waals surface area contributed by atoms with Crippen LogP contribution in [0.5, 0.6) is 0 Å². The molecule has 1 aromatic rings. The monoisotopic (exact) mass is 209 g/mol.